The predicted molar refractivity (Wildman–Crippen MR) is 68.1 cm³/mol. The van der Waals surface area contributed by atoms with E-state index in [0.717, 1.165) is 39.0 Å². The van der Waals surface area contributed by atoms with Gasteiger partial charge in [0.15, 0.2) is 0 Å². The number of nitrogens with one attached hydrogen (secondary N) is 1. The second kappa shape index (κ2) is 5.65. The zero-order valence-electron chi connectivity index (χ0n) is 11.1. The molecule has 1 heterocycles. The molecule has 0 aromatic carbocycles. The number of hydrogen-bond acceptors (Lipinski definition) is 4. The molecule has 0 amide bonds. The van der Waals surface area contributed by atoms with Crippen molar-refractivity contribution in [1.82, 2.24) is 10.2 Å². The largest absolute Gasteiger partial charge is 0.394 e. The van der Waals surface area contributed by atoms with Gasteiger partial charge in [-0.1, -0.05) is 6.92 Å². The summed E-state index contributed by atoms with van der Waals surface area (Å²) in [5, 5.41) is 12.8. The summed E-state index contributed by atoms with van der Waals surface area (Å²) in [5.41, 5.74) is -0.0370. The molecule has 1 saturated carbocycles. The Balaban J connectivity index is 1.91. The Morgan fingerprint density at radius 3 is 2.94 bits per heavy atom. The molecule has 17 heavy (non-hydrogen) atoms. The topological polar surface area (TPSA) is 44.7 Å². The molecular weight excluding hydrogens is 216 g/mol. The van der Waals surface area contributed by atoms with E-state index in [0.29, 0.717) is 12.1 Å². The lowest BCUT2D eigenvalue weighted by Gasteiger charge is -2.37. The lowest BCUT2D eigenvalue weighted by molar-refractivity contribution is -0.0447. The molecule has 0 aromatic heterocycles. The molecule has 4 heteroatoms. The highest BCUT2D eigenvalue weighted by molar-refractivity contribution is 4.99. The Morgan fingerprint density at radius 2 is 2.35 bits per heavy atom. The minimum atomic E-state index is -0.0370. The average molecular weight is 242 g/mol. The third-order valence-corrected chi connectivity index (χ3v) is 4.56. The Labute approximate surface area is 104 Å². The van der Waals surface area contributed by atoms with Crippen molar-refractivity contribution in [2.45, 2.75) is 50.3 Å². The van der Waals surface area contributed by atoms with Crippen molar-refractivity contribution in [2.24, 2.45) is 0 Å². The molecule has 1 aliphatic carbocycles. The summed E-state index contributed by atoms with van der Waals surface area (Å²) < 4.78 is 5.71. The van der Waals surface area contributed by atoms with Crippen LogP contribution in [0.3, 0.4) is 0 Å². The van der Waals surface area contributed by atoms with Crippen LogP contribution in [0.5, 0.6) is 0 Å². The standard InChI is InChI=1S/C13H26N2O2/c1-3-12-9-15(6-7-17-12)11-4-5-13(8-11,10-16)14-2/h11-12,14,16H,3-10H2,1-2H3. The molecule has 1 saturated heterocycles. The minimum absolute atomic E-state index is 0.0370. The maximum atomic E-state index is 9.53. The summed E-state index contributed by atoms with van der Waals surface area (Å²) in [4.78, 5) is 2.56. The van der Waals surface area contributed by atoms with Gasteiger partial charge in [-0.15, -0.1) is 0 Å². The fraction of sp³-hybridized carbons (Fsp3) is 1.00. The summed E-state index contributed by atoms with van der Waals surface area (Å²) in [5.74, 6) is 0. The van der Waals surface area contributed by atoms with E-state index in [1.165, 1.54) is 6.42 Å². The minimum Gasteiger partial charge on any atom is -0.394 e. The lowest BCUT2D eigenvalue weighted by Crippen LogP contribution is -2.49. The van der Waals surface area contributed by atoms with E-state index in [2.05, 4.69) is 17.1 Å². The van der Waals surface area contributed by atoms with Crippen LogP contribution in [-0.4, -0.2) is 61.0 Å². The van der Waals surface area contributed by atoms with Gasteiger partial charge in [-0.3, -0.25) is 4.90 Å². The molecule has 2 rings (SSSR count). The van der Waals surface area contributed by atoms with Crippen LogP contribution in [0.25, 0.3) is 0 Å². The van der Waals surface area contributed by atoms with Gasteiger partial charge in [-0.25, -0.2) is 0 Å². The van der Waals surface area contributed by atoms with Gasteiger partial charge in [0.25, 0.3) is 0 Å². The highest BCUT2D eigenvalue weighted by Crippen LogP contribution is 2.33. The third kappa shape index (κ3) is 2.81. The van der Waals surface area contributed by atoms with E-state index in [-0.39, 0.29) is 12.1 Å². The molecule has 100 valence electrons. The fourth-order valence-corrected chi connectivity index (χ4v) is 3.18. The van der Waals surface area contributed by atoms with Crippen molar-refractivity contribution in [3.05, 3.63) is 0 Å². The zero-order valence-corrected chi connectivity index (χ0v) is 11.1. The highest BCUT2D eigenvalue weighted by Gasteiger charge is 2.40. The number of morpholine rings is 1. The molecule has 3 unspecified atom stereocenters. The van der Waals surface area contributed by atoms with E-state index >= 15 is 0 Å². The van der Waals surface area contributed by atoms with Gasteiger partial charge in [-0.05, 0) is 32.7 Å². The van der Waals surface area contributed by atoms with Crippen LogP contribution in [0.15, 0.2) is 0 Å². The lowest BCUT2D eigenvalue weighted by atomic mass is 9.98. The van der Waals surface area contributed by atoms with Crippen LogP contribution in [0, 0.1) is 0 Å². The van der Waals surface area contributed by atoms with Crippen LogP contribution in [0.2, 0.25) is 0 Å². The Bertz CT molecular complexity index is 244. The van der Waals surface area contributed by atoms with E-state index < -0.39 is 0 Å². The highest BCUT2D eigenvalue weighted by atomic mass is 16.5. The number of likely N-dealkylation sites (N-methyl/N-ethyl adjacent to an activating group) is 1. The van der Waals surface area contributed by atoms with E-state index in [1.54, 1.807) is 0 Å². The summed E-state index contributed by atoms with van der Waals surface area (Å²) >= 11 is 0. The van der Waals surface area contributed by atoms with Crippen LogP contribution in [0.4, 0.5) is 0 Å². The van der Waals surface area contributed by atoms with Crippen molar-refractivity contribution in [3.8, 4) is 0 Å². The number of nitrogens with zero attached hydrogens (tertiary/aromatic N) is 1. The monoisotopic (exact) mass is 242 g/mol. The van der Waals surface area contributed by atoms with Crippen LogP contribution in [0.1, 0.15) is 32.6 Å². The van der Waals surface area contributed by atoms with E-state index in [1.807, 2.05) is 7.05 Å². The van der Waals surface area contributed by atoms with Crippen LogP contribution in [-0.2, 0) is 4.74 Å². The molecule has 1 aliphatic heterocycles. The van der Waals surface area contributed by atoms with Crippen molar-refractivity contribution in [1.29, 1.82) is 0 Å². The number of rotatable bonds is 4. The van der Waals surface area contributed by atoms with Crippen LogP contribution >= 0.6 is 0 Å². The number of aliphatic hydroxyl groups excluding tert-OH is 1. The Hall–Kier alpha value is -0.160. The second-order valence-corrected chi connectivity index (χ2v) is 5.48. The zero-order chi connectivity index (χ0) is 12.3. The first kappa shape index (κ1) is 13.3. The summed E-state index contributed by atoms with van der Waals surface area (Å²) in [6.07, 6.45) is 4.84. The normalized spacial score (nSPS) is 39.7. The van der Waals surface area contributed by atoms with Crippen molar-refractivity contribution in [3.63, 3.8) is 0 Å². The first-order valence-corrected chi connectivity index (χ1v) is 6.88. The molecular formula is C13H26N2O2. The summed E-state index contributed by atoms with van der Waals surface area (Å²) in [6, 6.07) is 0.618. The Morgan fingerprint density at radius 1 is 1.53 bits per heavy atom. The van der Waals surface area contributed by atoms with Crippen LogP contribution < -0.4 is 5.32 Å². The SMILES string of the molecule is CCC1CN(C2CCC(CO)(NC)C2)CCO1. The first-order chi connectivity index (χ1) is 8.23. The van der Waals surface area contributed by atoms with Gasteiger partial charge in [0.1, 0.15) is 0 Å². The van der Waals surface area contributed by atoms with E-state index in [4.69, 9.17) is 4.74 Å². The smallest absolute Gasteiger partial charge is 0.0700 e. The van der Waals surface area contributed by atoms with Gasteiger partial charge >= 0.3 is 0 Å². The number of ether oxygens (including phenoxy) is 1. The van der Waals surface area contributed by atoms with Crippen molar-refractivity contribution in [2.75, 3.05) is 33.4 Å². The molecule has 2 aliphatic rings. The van der Waals surface area contributed by atoms with Crippen molar-refractivity contribution >= 4 is 0 Å². The molecule has 2 fully saturated rings. The number of hydrogen-bond donors (Lipinski definition) is 2. The molecule has 0 bridgehead atoms. The van der Waals surface area contributed by atoms with Gasteiger partial charge < -0.3 is 15.2 Å². The van der Waals surface area contributed by atoms with Gasteiger partial charge in [0.2, 0.25) is 0 Å². The first-order valence-electron chi connectivity index (χ1n) is 6.88. The maximum absolute atomic E-state index is 9.53. The molecule has 2 N–H and O–H groups in total. The Kier molecular flexibility index (Phi) is 4.42. The average Bonchev–Trinajstić information content (AvgIpc) is 2.84. The molecule has 3 atom stereocenters. The molecule has 0 radical (unpaired) electrons. The van der Waals surface area contributed by atoms with Gasteiger partial charge in [0.05, 0.1) is 19.3 Å². The maximum Gasteiger partial charge on any atom is 0.0700 e. The third-order valence-electron chi connectivity index (χ3n) is 4.56. The quantitative estimate of drug-likeness (QED) is 0.758. The molecule has 0 spiro atoms. The molecule has 0 aromatic rings. The van der Waals surface area contributed by atoms with E-state index in [9.17, 15) is 5.11 Å². The second-order valence-electron chi connectivity index (χ2n) is 5.48. The predicted octanol–water partition coefficient (Wildman–Crippen LogP) is 0.600. The van der Waals surface area contributed by atoms with Crippen molar-refractivity contribution < 1.29 is 9.84 Å². The molecule has 4 nitrogen and oxygen atoms in total. The number of aliphatic hydroxyl groups is 1. The fourth-order valence-electron chi connectivity index (χ4n) is 3.18. The summed E-state index contributed by atoms with van der Waals surface area (Å²) in [6.45, 7) is 5.41. The van der Waals surface area contributed by atoms with Gasteiger partial charge in [-0.2, -0.15) is 0 Å². The summed E-state index contributed by atoms with van der Waals surface area (Å²) in [7, 11) is 1.97. The van der Waals surface area contributed by atoms with Gasteiger partial charge in [0, 0.05) is 24.7 Å².